The first-order chi connectivity index (χ1) is 12.6. The van der Waals surface area contributed by atoms with E-state index in [2.05, 4.69) is 30.4 Å². The van der Waals surface area contributed by atoms with Gasteiger partial charge in [0.05, 0.1) is 6.54 Å². The Morgan fingerprint density at radius 2 is 1.92 bits per heavy atom. The summed E-state index contributed by atoms with van der Waals surface area (Å²) in [5, 5.41) is 2.64. The molecule has 0 aliphatic heterocycles. The summed E-state index contributed by atoms with van der Waals surface area (Å²) in [5.41, 5.74) is 0.198. The van der Waals surface area contributed by atoms with Crippen molar-refractivity contribution in [2.75, 3.05) is 13.1 Å². The number of oxazole rings is 1. The van der Waals surface area contributed by atoms with E-state index < -0.39 is 0 Å². The Hall–Kier alpha value is -2.37. The molecule has 6 heteroatoms. The summed E-state index contributed by atoms with van der Waals surface area (Å²) in [7, 11) is 0. The molecule has 0 saturated carbocycles. The average molecular weight is 361 g/mol. The van der Waals surface area contributed by atoms with E-state index in [1.165, 1.54) is 31.9 Å². The largest absolute Gasteiger partial charge is 0.446 e. The molecule has 0 unspecified atom stereocenters. The molecule has 0 spiro atoms. The van der Waals surface area contributed by atoms with Crippen LogP contribution in [0.4, 0.5) is 0 Å². The van der Waals surface area contributed by atoms with Gasteiger partial charge in [0.25, 0.3) is 5.91 Å². The predicted octanol–water partition coefficient (Wildman–Crippen LogP) is 3.86. The average Bonchev–Trinajstić information content (AvgIpc) is 3.10. The van der Waals surface area contributed by atoms with Gasteiger partial charge in [-0.3, -0.25) is 9.59 Å². The van der Waals surface area contributed by atoms with Crippen LogP contribution < -0.4 is 5.32 Å². The molecule has 0 atom stereocenters. The van der Waals surface area contributed by atoms with Gasteiger partial charge in [-0.2, -0.15) is 0 Å². The lowest BCUT2D eigenvalue weighted by Gasteiger charge is -2.19. The maximum absolute atomic E-state index is 12.4. The lowest BCUT2D eigenvalue weighted by Crippen LogP contribution is -2.30. The van der Waals surface area contributed by atoms with Gasteiger partial charge in [-0.05, 0) is 6.42 Å². The Morgan fingerprint density at radius 3 is 2.62 bits per heavy atom. The van der Waals surface area contributed by atoms with Crippen molar-refractivity contribution < 1.29 is 14.0 Å². The molecule has 144 valence electrons. The minimum absolute atomic E-state index is 0.0521. The zero-order chi connectivity index (χ0) is 19.2. The Morgan fingerprint density at radius 1 is 1.19 bits per heavy atom. The number of nitrogens with zero attached hydrogens (tertiary/aromatic N) is 2. The fraction of sp³-hybridized carbons (Fsp3) is 0.550. The number of aromatic nitrogens is 1. The minimum Gasteiger partial charge on any atom is -0.446 e. The quantitative estimate of drug-likeness (QED) is 0.403. The number of hydrogen-bond donors (Lipinski definition) is 1. The third kappa shape index (κ3) is 8.14. The second-order valence-electron chi connectivity index (χ2n) is 6.21. The first-order valence-electron chi connectivity index (χ1n) is 9.34. The normalized spacial score (nSPS) is 10.3. The molecule has 1 aromatic rings. The zero-order valence-corrected chi connectivity index (χ0v) is 15.8. The summed E-state index contributed by atoms with van der Waals surface area (Å²) in [4.78, 5) is 30.1. The highest BCUT2D eigenvalue weighted by molar-refractivity contribution is 5.91. The van der Waals surface area contributed by atoms with Crippen LogP contribution in [0, 0.1) is 0 Å². The van der Waals surface area contributed by atoms with Crippen LogP contribution >= 0.6 is 0 Å². The Labute approximate surface area is 156 Å². The van der Waals surface area contributed by atoms with E-state index in [9.17, 15) is 9.59 Å². The fourth-order valence-electron chi connectivity index (χ4n) is 2.53. The zero-order valence-electron chi connectivity index (χ0n) is 15.8. The van der Waals surface area contributed by atoms with Crippen molar-refractivity contribution in [3.63, 3.8) is 0 Å². The molecular formula is C20H31N3O3. The van der Waals surface area contributed by atoms with E-state index in [1.807, 2.05) is 0 Å². The van der Waals surface area contributed by atoms with Crippen LogP contribution in [0.2, 0.25) is 0 Å². The molecule has 0 fully saturated rings. The van der Waals surface area contributed by atoms with Crippen LogP contribution in [0.1, 0.15) is 68.2 Å². The van der Waals surface area contributed by atoms with Crippen molar-refractivity contribution in [1.82, 2.24) is 15.2 Å². The highest BCUT2D eigenvalue weighted by Gasteiger charge is 2.17. The summed E-state index contributed by atoms with van der Waals surface area (Å²) in [6.07, 6.45) is 11.9. The maximum Gasteiger partial charge on any atom is 0.273 e. The van der Waals surface area contributed by atoms with Crippen LogP contribution in [0.25, 0.3) is 0 Å². The molecule has 1 rings (SSSR count). The Kier molecular flexibility index (Phi) is 10.8. The topological polar surface area (TPSA) is 75.4 Å². The molecule has 0 aliphatic rings. The van der Waals surface area contributed by atoms with Gasteiger partial charge < -0.3 is 14.6 Å². The molecule has 0 aliphatic carbocycles. The van der Waals surface area contributed by atoms with Crippen LogP contribution in [-0.4, -0.2) is 34.8 Å². The van der Waals surface area contributed by atoms with Crippen molar-refractivity contribution in [1.29, 1.82) is 0 Å². The van der Waals surface area contributed by atoms with E-state index in [4.69, 9.17) is 4.42 Å². The lowest BCUT2D eigenvalue weighted by atomic mass is 10.1. The van der Waals surface area contributed by atoms with E-state index >= 15 is 0 Å². The smallest absolute Gasteiger partial charge is 0.273 e. The lowest BCUT2D eigenvalue weighted by molar-refractivity contribution is -0.131. The number of rotatable bonds is 14. The third-order valence-electron chi connectivity index (χ3n) is 3.96. The summed E-state index contributed by atoms with van der Waals surface area (Å²) in [6, 6.07) is 0. The number of hydrogen-bond acceptors (Lipinski definition) is 4. The highest BCUT2D eigenvalue weighted by atomic mass is 16.3. The molecule has 6 nitrogen and oxygen atoms in total. The molecule has 2 amide bonds. The van der Waals surface area contributed by atoms with Gasteiger partial charge in [-0.15, -0.1) is 13.2 Å². The van der Waals surface area contributed by atoms with Crippen LogP contribution in [-0.2, 0) is 11.3 Å². The van der Waals surface area contributed by atoms with Crippen molar-refractivity contribution in [2.24, 2.45) is 0 Å². The molecule has 1 aromatic heterocycles. The van der Waals surface area contributed by atoms with Crippen molar-refractivity contribution >= 4 is 11.8 Å². The van der Waals surface area contributed by atoms with Gasteiger partial charge in [0, 0.05) is 19.5 Å². The summed E-state index contributed by atoms with van der Waals surface area (Å²) in [5.74, 6) is 0.0664. The third-order valence-corrected chi connectivity index (χ3v) is 3.96. The molecule has 0 saturated heterocycles. The van der Waals surface area contributed by atoms with Crippen molar-refractivity contribution in [3.05, 3.63) is 43.2 Å². The van der Waals surface area contributed by atoms with Crippen LogP contribution in [0.15, 0.2) is 36.0 Å². The minimum atomic E-state index is -0.325. The molecule has 26 heavy (non-hydrogen) atoms. The molecule has 1 heterocycles. The van der Waals surface area contributed by atoms with E-state index in [-0.39, 0.29) is 24.1 Å². The highest BCUT2D eigenvalue weighted by Crippen LogP contribution is 2.11. The number of carbonyl (C=O) groups excluding carboxylic acids is 2. The van der Waals surface area contributed by atoms with Crippen molar-refractivity contribution in [2.45, 2.75) is 58.4 Å². The van der Waals surface area contributed by atoms with Gasteiger partial charge in [0.15, 0.2) is 5.69 Å². The van der Waals surface area contributed by atoms with Gasteiger partial charge in [0.2, 0.25) is 11.8 Å². The molecule has 1 N–H and O–H groups in total. The van der Waals surface area contributed by atoms with E-state index in [0.29, 0.717) is 25.4 Å². The fourth-order valence-corrected chi connectivity index (χ4v) is 2.53. The van der Waals surface area contributed by atoms with Crippen LogP contribution in [0.5, 0.6) is 0 Å². The van der Waals surface area contributed by atoms with Gasteiger partial charge >= 0.3 is 0 Å². The maximum atomic E-state index is 12.4. The van der Waals surface area contributed by atoms with E-state index in [1.54, 1.807) is 17.1 Å². The SMILES string of the molecule is C=CCNC(=O)c1coc(CN(CC=C)C(=O)CCCCCCCC)n1. The standard InChI is InChI=1S/C20H31N3O3/c1-4-7-8-9-10-11-12-19(24)23(14-6-3)15-18-22-17(16-26-18)20(25)21-13-5-2/h5-6,16H,2-4,7-15H2,1H3,(H,21,25). The monoisotopic (exact) mass is 361 g/mol. The molecule has 0 aromatic carbocycles. The summed E-state index contributed by atoms with van der Waals surface area (Å²) in [6.45, 7) is 10.5. The predicted molar refractivity (Wildman–Crippen MR) is 103 cm³/mol. The molecule has 0 bridgehead atoms. The summed E-state index contributed by atoms with van der Waals surface area (Å²) >= 11 is 0. The molecular weight excluding hydrogens is 330 g/mol. The first kappa shape index (κ1) is 21.7. The Bertz CT molecular complexity index is 581. The van der Waals surface area contributed by atoms with Gasteiger partial charge in [0.1, 0.15) is 6.26 Å². The van der Waals surface area contributed by atoms with Crippen molar-refractivity contribution in [3.8, 4) is 0 Å². The second-order valence-corrected chi connectivity index (χ2v) is 6.21. The van der Waals surface area contributed by atoms with Crippen LogP contribution in [0.3, 0.4) is 0 Å². The number of amides is 2. The first-order valence-corrected chi connectivity index (χ1v) is 9.34. The van der Waals surface area contributed by atoms with Gasteiger partial charge in [-0.1, -0.05) is 51.2 Å². The van der Waals surface area contributed by atoms with E-state index in [0.717, 1.165) is 12.8 Å². The Balaban J connectivity index is 2.49. The summed E-state index contributed by atoms with van der Waals surface area (Å²) < 4.78 is 5.34. The number of carbonyl (C=O) groups is 2. The number of nitrogens with one attached hydrogen (secondary N) is 1. The second kappa shape index (κ2) is 12.9. The number of unbranched alkanes of at least 4 members (excludes halogenated alkanes) is 5. The van der Waals surface area contributed by atoms with Gasteiger partial charge in [-0.25, -0.2) is 4.98 Å². The molecule has 0 radical (unpaired) electrons.